The van der Waals surface area contributed by atoms with E-state index in [4.69, 9.17) is 20.8 Å². The third-order valence-electron chi connectivity index (χ3n) is 4.60. The van der Waals surface area contributed by atoms with Gasteiger partial charge in [0.2, 0.25) is 0 Å². The zero-order valence-electron chi connectivity index (χ0n) is 17.4. The number of aliphatic carboxylic acids is 1. The van der Waals surface area contributed by atoms with Crippen LogP contribution >= 0.6 is 23.4 Å². The molecule has 2 heterocycles. The summed E-state index contributed by atoms with van der Waals surface area (Å²) in [5.74, 6) is -0.595. The summed E-state index contributed by atoms with van der Waals surface area (Å²) >= 11 is 6.84. The average molecular weight is 499 g/mol. The summed E-state index contributed by atoms with van der Waals surface area (Å²) in [6.07, 6.45) is 3.16. The van der Waals surface area contributed by atoms with Gasteiger partial charge in [-0.2, -0.15) is 0 Å². The van der Waals surface area contributed by atoms with E-state index < -0.39 is 10.9 Å². The third kappa shape index (κ3) is 4.95. The highest BCUT2D eigenvalue weighted by Crippen LogP contribution is 2.35. The molecule has 4 aromatic rings. The number of methoxy groups -OCH3 is 1. The first-order valence-corrected chi connectivity index (χ1v) is 10.8. The monoisotopic (exact) mass is 498 g/mol. The van der Waals surface area contributed by atoms with Crippen LogP contribution in [0.5, 0.6) is 5.75 Å². The predicted octanol–water partition coefficient (Wildman–Crippen LogP) is 5.32. The second-order valence-corrected chi connectivity index (χ2v) is 8.14. The fourth-order valence-corrected chi connectivity index (χ4v) is 3.88. The first-order chi connectivity index (χ1) is 16.4. The van der Waals surface area contributed by atoms with E-state index in [-0.39, 0.29) is 21.7 Å². The second-order valence-electron chi connectivity index (χ2n) is 6.71. The number of hydrogen-bond acceptors (Lipinski definition) is 8. The number of thioether (sulfide) groups is 1. The van der Waals surface area contributed by atoms with Crippen LogP contribution in [-0.4, -0.2) is 37.9 Å². The van der Waals surface area contributed by atoms with Crippen molar-refractivity contribution < 1.29 is 24.0 Å². The van der Waals surface area contributed by atoms with E-state index in [0.717, 1.165) is 11.8 Å². The van der Waals surface area contributed by atoms with Gasteiger partial charge in [-0.25, -0.2) is 4.79 Å². The largest absolute Gasteiger partial charge is 0.496 e. The van der Waals surface area contributed by atoms with Gasteiger partial charge in [0.1, 0.15) is 10.7 Å². The number of carboxylic acid groups (broad SMARTS) is 1. The minimum Gasteiger partial charge on any atom is -0.496 e. The highest BCUT2D eigenvalue weighted by atomic mass is 35.5. The summed E-state index contributed by atoms with van der Waals surface area (Å²) in [7, 11) is 1.49. The van der Waals surface area contributed by atoms with Crippen molar-refractivity contribution in [2.45, 2.75) is 5.22 Å². The fourth-order valence-electron chi connectivity index (χ4n) is 3.05. The van der Waals surface area contributed by atoms with Crippen molar-refractivity contribution in [1.29, 1.82) is 0 Å². The van der Waals surface area contributed by atoms with Gasteiger partial charge in [-0.1, -0.05) is 11.6 Å². The van der Waals surface area contributed by atoms with Gasteiger partial charge in [0, 0.05) is 34.7 Å². The van der Waals surface area contributed by atoms with Crippen molar-refractivity contribution in [2.24, 2.45) is 0 Å². The Bertz CT molecular complexity index is 1400. The molecule has 0 saturated carbocycles. The lowest BCUT2D eigenvalue weighted by atomic mass is 10.2. The van der Waals surface area contributed by atoms with Gasteiger partial charge >= 0.3 is 5.97 Å². The van der Waals surface area contributed by atoms with E-state index in [1.54, 1.807) is 53.2 Å². The number of rotatable bonds is 8. The minimum atomic E-state index is -1.19. The van der Waals surface area contributed by atoms with Gasteiger partial charge in [0.05, 0.1) is 17.6 Å². The molecule has 10 nitrogen and oxygen atoms in total. The van der Waals surface area contributed by atoms with Crippen LogP contribution < -0.4 is 4.74 Å². The van der Waals surface area contributed by atoms with Crippen LogP contribution in [0.25, 0.3) is 23.2 Å². The number of nitrogens with zero attached hydrogens (tertiary/aromatic N) is 4. The van der Waals surface area contributed by atoms with Crippen LogP contribution in [0.15, 0.2) is 75.3 Å². The zero-order chi connectivity index (χ0) is 24.2. The van der Waals surface area contributed by atoms with E-state index in [0.29, 0.717) is 27.7 Å². The summed E-state index contributed by atoms with van der Waals surface area (Å²) < 4.78 is 12.6. The zero-order valence-corrected chi connectivity index (χ0v) is 19.0. The van der Waals surface area contributed by atoms with Crippen LogP contribution in [0.1, 0.15) is 5.69 Å². The average Bonchev–Trinajstić information content (AvgIpc) is 3.48. The molecule has 0 spiro atoms. The number of carboxylic acids is 1. The van der Waals surface area contributed by atoms with Gasteiger partial charge in [-0.3, -0.25) is 10.1 Å². The molecule has 0 fully saturated rings. The first kappa shape index (κ1) is 23.1. The predicted molar refractivity (Wildman–Crippen MR) is 125 cm³/mol. The number of nitro benzene ring substituents is 1. The molecule has 0 saturated heterocycles. The Kier molecular flexibility index (Phi) is 6.66. The van der Waals surface area contributed by atoms with Crippen molar-refractivity contribution in [2.75, 3.05) is 7.11 Å². The van der Waals surface area contributed by atoms with Gasteiger partial charge in [0.25, 0.3) is 16.8 Å². The van der Waals surface area contributed by atoms with Crippen molar-refractivity contribution in [1.82, 2.24) is 14.8 Å². The van der Waals surface area contributed by atoms with Gasteiger partial charge in [-0.05, 0) is 60.3 Å². The molecule has 2 aromatic carbocycles. The molecule has 0 aliphatic heterocycles. The second kappa shape index (κ2) is 9.81. The summed E-state index contributed by atoms with van der Waals surface area (Å²) in [6, 6.07) is 14.3. The summed E-state index contributed by atoms with van der Waals surface area (Å²) in [4.78, 5) is 22.2. The van der Waals surface area contributed by atoms with E-state index in [1.807, 2.05) is 0 Å². The molecule has 0 atom stereocenters. The van der Waals surface area contributed by atoms with Gasteiger partial charge < -0.3 is 18.8 Å². The Hall–Kier alpha value is -4.09. The maximum atomic E-state index is 11.9. The number of ether oxygens (including phenoxy) is 1. The Balaban J connectivity index is 1.62. The lowest BCUT2D eigenvalue weighted by molar-refractivity contribution is -0.384. The summed E-state index contributed by atoms with van der Waals surface area (Å²) in [5, 5.41) is 29.0. The summed E-state index contributed by atoms with van der Waals surface area (Å²) in [6.45, 7) is 0. The minimum absolute atomic E-state index is 0.0131. The maximum absolute atomic E-state index is 11.9. The maximum Gasteiger partial charge on any atom is 0.342 e. The van der Waals surface area contributed by atoms with Crippen molar-refractivity contribution >= 4 is 41.1 Å². The van der Waals surface area contributed by atoms with Crippen molar-refractivity contribution in [3.63, 3.8) is 0 Å². The SMILES string of the molecule is COc1ccc(Cl)cc1-c1nnc(S/C(=C\c2cccn2-c2ccc([N+](=O)[O-])cc2)C(=O)O)o1. The summed E-state index contributed by atoms with van der Waals surface area (Å²) in [5.41, 5.74) is 1.60. The standard InChI is InChI=1S/C22H15ClN4O6S/c1-32-18-9-4-13(23)11-17(18)20-24-25-22(33-20)34-19(21(28)29)12-16-3-2-10-26(16)14-5-7-15(8-6-14)27(30)31/h2-12H,1H3,(H,28,29)/b19-12-. The Morgan fingerprint density at radius 2 is 2.00 bits per heavy atom. The number of non-ortho nitro benzene ring substituents is 1. The highest BCUT2D eigenvalue weighted by molar-refractivity contribution is 8.03. The molecule has 0 radical (unpaired) electrons. The topological polar surface area (TPSA) is 134 Å². The molecule has 0 amide bonds. The molecule has 172 valence electrons. The van der Waals surface area contributed by atoms with Crippen molar-refractivity contribution in [3.05, 3.63) is 86.5 Å². The Morgan fingerprint density at radius 3 is 2.68 bits per heavy atom. The Morgan fingerprint density at radius 1 is 1.24 bits per heavy atom. The molecule has 2 aromatic heterocycles. The van der Waals surface area contributed by atoms with Crippen LogP contribution in [0.4, 0.5) is 5.69 Å². The van der Waals surface area contributed by atoms with Crippen LogP contribution in [-0.2, 0) is 4.79 Å². The molecular formula is C22H15ClN4O6S. The molecule has 4 rings (SSSR count). The van der Waals surface area contributed by atoms with Crippen LogP contribution in [0.2, 0.25) is 5.02 Å². The van der Waals surface area contributed by atoms with Crippen molar-refractivity contribution in [3.8, 4) is 22.9 Å². The van der Waals surface area contributed by atoms with E-state index in [2.05, 4.69) is 10.2 Å². The molecule has 1 N–H and O–H groups in total. The third-order valence-corrected chi connectivity index (χ3v) is 5.69. The fraction of sp³-hybridized carbons (Fsp3) is 0.0455. The molecule has 0 bridgehead atoms. The van der Waals surface area contributed by atoms with E-state index in [9.17, 15) is 20.0 Å². The molecule has 0 aliphatic carbocycles. The first-order valence-electron chi connectivity index (χ1n) is 9.58. The van der Waals surface area contributed by atoms with E-state index in [1.165, 1.54) is 25.3 Å². The van der Waals surface area contributed by atoms with Crippen LogP contribution in [0, 0.1) is 10.1 Å². The molecule has 34 heavy (non-hydrogen) atoms. The lowest BCUT2D eigenvalue weighted by Gasteiger charge is -2.07. The molecule has 0 unspecified atom stereocenters. The highest BCUT2D eigenvalue weighted by Gasteiger charge is 2.19. The quantitative estimate of drug-likeness (QED) is 0.148. The number of benzene rings is 2. The number of hydrogen-bond donors (Lipinski definition) is 1. The van der Waals surface area contributed by atoms with Gasteiger partial charge in [-0.15, -0.1) is 10.2 Å². The van der Waals surface area contributed by atoms with Gasteiger partial charge in [0.15, 0.2) is 0 Å². The Labute approximate surface area is 201 Å². The number of halogens is 1. The normalized spacial score (nSPS) is 11.4. The number of nitro groups is 1. The lowest BCUT2D eigenvalue weighted by Crippen LogP contribution is -2.00. The van der Waals surface area contributed by atoms with Crippen LogP contribution in [0.3, 0.4) is 0 Å². The number of carbonyl (C=O) groups is 1. The number of aromatic nitrogens is 3. The smallest absolute Gasteiger partial charge is 0.342 e. The van der Waals surface area contributed by atoms with E-state index >= 15 is 0 Å². The molecule has 12 heteroatoms. The molecular weight excluding hydrogens is 484 g/mol. The molecule has 0 aliphatic rings.